The van der Waals surface area contributed by atoms with E-state index in [9.17, 15) is 0 Å². The molecule has 2 heteroatoms. The van der Waals surface area contributed by atoms with Crippen LogP contribution in [0, 0.1) is 0 Å². The van der Waals surface area contributed by atoms with Gasteiger partial charge in [0.15, 0.2) is 0 Å². The highest BCUT2D eigenvalue weighted by Gasteiger charge is 2.20. The Bertz CT molecular complexity index is 616. The molecule has 0 aliphatic heterocycles. The molecule has 2 nitrogen and oxygen atoms in total. The molecule has 0 saturated carbocycles. The van der Waals surface area contributed by atoms with E-state index in [-0.39, 0.29) is 0 Å². The van der Waals surface area contributed by atoms with Crippen molar-refractivity contribution in [2.45, 2.75) is 52.4 Å². The van der Waals surface area contributed by atoms with Crippen LogP contribution in [-0.4, -0.2) is 11.5 Å². The van der Waals surface area contributed by atoms with Crippen molar-refractivity contribution in [2.24, 2.45) is 0 Å². The molecular weight excluding hydrogens is 244 g/mol. The summed E-state index contributed by atoms with van der Waals surface area (Å²) in [4.78, 5) is 5.00. The number of aromatic nitrogens is 1. The van der Waals surface area contributed by atoms with Crippen LogP contribution in [0.2, 0.25) is 0 Å². The summed E-state index contributed by atoms with van der Waals surface area (Å²) in [5.74, 6) is 0. The summed E-state index contributed by atoms with van der Waals surface area (Å²) >= 11 is 0. The van der Waals surface area contributed by atoms with Gasteiger partial charge in [-0.2, -0.15) is 0 Å². The van der Waals surface area contributed by atoms with Gasteiger partial charge in [0, 0.05) is 23.3 Å². The lowest BCUT2D eigenvalue weighted by atomic mass is 10.0. The minimum atomic E-state index is 1.05. The minimum Gasteiger partial charge on any atom is -0.384 e. The van der Waals surface area contributed by atoms with Crippen LogP contribution >= 0.6 is 0 Å². The molecule has 1 N–H and O–H groups in total. The first-order valence-electron chi connectivity index (χ1n) is 8.02. The van der Waals surface area contributed by atoms with Gasteiger partial charge in [0.2, 0.25) is 0 Å². The molecule has 1 heterocycles. The lowest BCUT2D eigenvalue weighted by molar-refractivity contribution is 0.898. The van der Waals surface area contributed by atoms with Gasteiger partial charge in [0.1, 0.15) is 0 Å². The zero-order chi connectivity index (χ0) is 13.9. The number of nitrogens with zero attached hydrogens (tertiary/aromatic N) is 1. The van der Waals surface area contributed by atoms with E-state index >= 15 is 0 Å². The zero-order valence-corrected chi connectivity index (χ0v) is 12.6. The molecule has 106 valence electrons. The van der Waals surface area contributed by atoms with E-state index < -0.39 is 0 Å². The second-order valence-corrected chi connectivity index (χ2v) is 5.76. The SMILES string of the molecule is CCCNc1c2c(nc3c(CCC)cccc13)CCC2. The maximum absolute atomic E-state index is 5.00. The average Bonchev–Trinajstić information content (AvgIpc) is 2.92. The number of hydrogen-bond donors (Lipinski definition) is 1. The van der Waals surface area contributed by atoms with Crippen molar-refractivity contribution in [1.29, 1.82) is 0 Å². The fourth-order valence-corrected chi connectivity index (χ4v) is 3.27. The van der Waals surface area contributed by atoms with E-state index in [4.69, 9.17) is 4.98 Å². The van der Waals surface area contributed by atoms with E-state index in [0.29, 0.717) is 0 Å². The molecule has 0 bridgehead atoms. The number of rotatable bonds is 5. The van der Waals surface area contributed by atoms with Crippen molar-refractivity contribution in [1.82, 2.24) is 4.98 Å². The molecule has 1 aliphatic carbocycles. The smallest absolute Gasteiger partial charge is 0.0758 e. The summed E-state index contributed by atoms with van der Waals surface area (Å²) in [6.07, 6.45) is 7.04. The number of hydrogen-bond acceptors (Lipinski definition) is 2. The highest BCUT2D eigenvalue weighted by molar-refractivity contribution is 5.95. The van der Waals surface area contributed by atoms with Crippen molar-refractivity contribution in [2.75, 3.05) is 11.9 Å². The van der Waals surface area contributed by atoms with Crippen LogP contribution in [0.3, 0.4) is 0 Å². The highest BCUT2D eigenvalue weighted by atomic mass is 14.9. The Morgan fingerprint density at radius 2 is 2.05 bits per heavy atom. The molecule has 0 saturated heterocycles. The molecular formula is C18H24N2. The largest absolute Gasteiger partial charge is 0.384 e. The Hall–Kier alpha value is -1.57. The quantitative estimate of drug-likeness (QED) is 0.863. The third kappa shape index (κ3) is 2.28. The third-order valence-corrected chi connectivity index (χ3v) is 4.20. The standard InChI is InChI=1S/C18H24N2/c1-3-7-13-8-5-10-15-17(13)20-16-11-6-9-14(16)18(15)19-12-4-2/h5,8,10H,3-4,6-7,9,11-12H2,1-2H3,(H,19,20). The fraction of sp³-hybridized carbons (Fsp3) is 0.500. The van der Waals surface area contributed by atoms with Crippen LogP contribution in [0.1, 0.15) is 49.9 Å². The molecule has 0 fully saturated rings. The Labute approximate surface area is 121 Å². The van der Waals surface area contributed by atoms with Gasteiger partial charge in [-0.25, -0.2) is 0 Å². The number of fused-ring (bicyclic) bond motifs is 2. The zero-order valence-electron chi connectivity index (χ0n) is 12.6. The molecule has 20 heavy (non-hydrogen) atoms. The van der Waals surface area contributed by atoms with Crippen molar-refractivity contribution >= 4 is 16.6 Å². The topological polar surface area (TPSA) is 24.9 Å². The van der Waals surface area contributed by atoms with Crippen LogP contribution in [0.5, 0.6) is 0 Å². The van der Waals surface area contributed by atoms with Gasteiger partial charge in [-0.05, 0) is 43.2 Å². The maximum Gasteiger partial charge on any atom is 0.0758 e. The maximum atomic E-state index is 5.00. The molecule has 0 spiro atoms. The number of aryl methyl sites for hydroxylation is 2. The normalized spacial score (nSPS) is 13.7. The van der Waals surface area contributed by atoms with Gasteiger partial charge in [-0.3, -0.25) is 4.98 Å². The Kier molecular flexibility index (Phi) is 3.90. The Morgan fingerprint density at radius 3 is 2.85 bits per heavy atom. The van der Waals surface area contributed by atoms with E-state index in [0.717, 1.165) is 25.8 Å². The second kappa shape index (κ2) is 5.82. The van der Waals surface area contributed by atoms with Crippen molar-refractivity contribution in [3.8, 4) is 0 Å². The molecule has 0 radical (unpaired) electrons. The van der Waals surface area contributed by atoms with Gasteiger partial charge in [-0.1, -0.05) is 38.5 Å². The highest BCUT2D eigenvalue weighted by Crippen LogP contribution is 2.35. The van der Waals surface area contributed by atoms with E-state index in [1.165, 1.54) is 52.7 Å². The van der Waals surface area contributed by atoms with Crippen LogP contribution in [0.4, 0.5) is 5.69 Å². The summed E-state index contributed by atoms with van der Waals surface area (Å²) in [5.41, 5.74) is 6.80. The molecule has 0 unspecified atom stereocenters. The molecule has 1 aromatic carbocycles. The molecule has 0 atom stereocenters. The van der Waals surface area contributed by atoms with Gasteiger partial charge in [0.25, 0.3) is 0 Å². The summed E-state index contributed by atoms with van der Waals surface area (Å²) < 4.78 is 0. The summed E-state index contributed by atoms with van der Waals surface area (Å²) in [6, 6.07) is 6.66. The van der Waals surface area contributed by atoms with Crippen molar-refractivity contribution in [3.63, 3.8) is 0 Å². The monoisotopic (exact) mass is 268 g/mol. The lowest BCUT2D eigenvalue weighted by Gasteiger charge is -2.16. The second-order valence-electron chi connectivity index (χ2n) is 5.76. The molecule has 1 aromatic heterocycles. The molecule has 0 amide bonds. The third-order valence-electron chi connectivity index (χ3n) is 4.20. The van der Waals surface area contributed by atoms with Crippen molar-refractivity contribution < 1.29 is 0 Å². The lowest BCUT2D eigenvalue weighted by Crippen LogP contribution is -2.06. The van der Waals surface area contributed by atoms with Crippen molar-refractivity contribution in [3.05, 3.63) is 35.0 Å². The number of para-hydroxylation sites is 1. The number of anilines is 1. The first-order chi connectivity index (χ1) is 9.85. The van der Waals surface area contributed by atoms with Gasteiger partial charge < -0.3 is 5.32 Å². The van der Waals surface area contributed by atoms with Gasteiger partial charge in [-0.15, -0.1) is 0 Å². The first kappa shape index (κ1) is 13.4. The van der Waals surface area contributed by atoms with E-state index in [1.54, 1.807) is 0 Å². The Balaban J connectivity index is 2.20. The molecule has 2 aromatic rings. The first-order valence-corrected chi connectivity index (χ1v) is 8.02. The van der Waals surface area contributed by atoms with E-state index in [2.05, 4.69) is 37.4 Å². The Morgan fingerprint density at radius 1 is 1.15 bits per heavy atom. The number of nitrogens with one attached hydrogen (secondary N) is 1. The van der Waals surface area contributed by atoms with Crippen LogP contribution in [0.25, 0.3) is 10.9 Å². The minimum absolute atomic E-state index is 1.05. The predicted molar refractivity (Wildman–Crippen MR) is 86.5 cm³/mol. The average molecular weight is 268 g/mol. The van der Waals surface area contributed by atoms with Gasteiger partial charge in [0.05, 0.1) is 5.52 Å². The van der Waals surface area contributed by atoms with Crippen LogP contribution in [0.15, 0.2) is 18.2 Å². The summed E-state index contributed by atoms with van der Waals surface area (Å²) in [6.45, 7) is 5.51. The summed E-state index contributed by atoms with van der Waals surface area (Å²) in [7, 11) is 0. The fourth-order valence-electron chi connectivity index (χ4n) is 3.27. The van der Waals surface area contributed by atoms with Crippen LogP contribution in [-0.2, 0) is 19.3 Å². The predicted octanol–water partition coefficient (Wildman–Crippen LogP) is 4.50. The number of pyridine rings is 1. The number of benzene rings is 1. The molecule has 3 rings (SSSR count). The summed E-state index contributed by atoms with van der Waals surface area (Å²) in [5, 5.41) is 4.99. The van der Waals surface area contributed by atoms with E-state index in [1.807, 2.05) is 0 Å². The van der Waals surface area contributed by atoms with Crippen LogP contribution < -0.4 is 5.32 Å². The molecule has 1 aliphatic rings. The van der Waals surface area contributed by atoms with Gasteiger partial charge >= 0.3 is 0 Å².